The number of amides is 2. The van der Waals surface area contributed by atoms with Crippen molar-refractivity contribution in [3.63, 3.8) is 0 Å². The fraction of sp³-hybridized carbons (Fsp3) is 0.333. The van der Waals surface area contributed by atoms with E-state index in [1.54, 1.807) is 33.3 Å². The van der Waals surface area contributed by atoms with Gasteiger partial charge in [-0.3, -0.25) is 9.59 Å². The molecule has 1 aliphatic rings. The van der Waals surface area contributed by atoms with Crippen LogP contribution in [0.2, 0.25) is 0 Å². The first kappa shape index (κ1) is 30.5. The molecule has 230 valence electrons. The molecule has 44 heavy (non-hydrogen) atoms. The van der Waals surface area contributed by atoms with Crippen LogP contribution in [0.25, 0.3) is 22.2 Å². The van der Waals surface area contributed by atoms with Gasteiger partial charge < -0.3 is 29.7 Å². The van der Waals surface area contributed by atoms with Gasteiger partial charge in [0.15, 0.2) is 5.82 Å². The molecule has 2 aromatic heterocycles. The lowest BCUT2D eigenvalue weighted by molar-refractivity contribution is -0.111. The molecule has 0 spiro atoms. The Hall–Kier alpha value is -4.93. The minimum absolute atomic E-state index is 0.00901. The zero-order chi connectivity index (χ0) is 31.5. The fourth-order valence-corrected chi connectivity index (χ4v) is 5.58. The average Bonchev–Trinajstić information content (AvgIpc) is 3.41. The summed E-state index contributed by atoms with van der Waals surface area (Å²) in [4.78, 5) is 37.7. The van der Waals surface area contributed by atoms with Crippen molar-refractivity contribution < 1.29 is 18.7 Å². The SMILES string of the molecule is C=CC(=O)Nc1cc(Nc2ncc(F)c(-c3ccc4cc(C(=O)N(C)C)n(C(C)C)c4c3)n2)c(OC)cc1N1CCCCC1. The molecular weight excluding hydrogens is 561 g/mol. The van der Waals surface area contributed by atoms with E-state index in [4.69, 9.17) is 4.74 Å². The highest BCUT2D eigenvalue weighted by atomic mass is 19.1. The summed E-state index contributed by atoms with van der Waals surface area (Å²) in [5, 5.41) is 6.93. The van der Waals surface area contributed by atoms with Gasteiger partial charge in [0.25, 0.3) is 5.91 Å². The number of carbonyl (C=O) groups excluding carboxylic acids is 2. The number of hydrogen-bond acceptors (Lipinski definition) is 7. The number of aromatic nitrogens is 3. The summed E-state index contributed by atoms with van der Waals surface area (Å²) in [5.41, 5.74) is 3.93. The first-order valence-corrected chi connectivity index (χ1v) is 14.7. The van der Waals surface area contributed by atoms with Gasteiger partial charge in [-0.05, 0) is 57.4 Å². The van der Waals surface area contributed by atoms with E-state index in [0.717, 1.165) is 55.1 Å². The van der Waals surface area contributed by atoms with Crippen LogP contribution in [0, 0.1) is 5.82 Å². The summed E-state index contributed by atoms with van der Waals surface area (Å²) >= 11 is 0. The number of piperidine rings is 1. The van der Waals surface area contributed by atoms with Crippen molar-refractivity contribution >= 4 is 45.7 Å². The molecule has 0 radical (unpaired) electrons. The number of rotatable bonds is 9. The average molecular weight is 600 g/mol. The Morgan fingerprint density at radius 3 is 2.50 bits per heavy atom. The molecule has 1 saturated heterocycles. The van der Waals surface area contributed by atoms with Crippen LogP contribution in [-0.2, 0) is 4.79 Å². The molecule has 2 amide bonds. The number of halogens is 1. The highest BCUT2D eigenvalue weighted by molar-refractivity contribution is 6.02. The van der Waals surface area contributed by atoms with E-state index in [2.05, 4.69) is 32.1 Å². The maximum absolute atomic E-state index is 15.2. The zero-order valence-electron chi connectivity index (χ0n) is 25.8. The molecule has 0 unspecified atom stereocenters. The number of ether oxygens (including phenoxy) is 1. The Kier molecular flexibility index (Phi) is 8.84. The van der Waals surface area contributed by atoms with Crippen molar-refractivity contribution in [1.82, 2.24) is 19.4 Å². The Balaban J connectivity index is 1.54. The van der Waals surface area contributed by atoms with Crippen molar-refractivity contribution in [2.24, 2.45) is 0 Å². The molecule has 1 aliphatic heterocycles. The van der Waals surface area contributed by atoms with Crippen molar-refractivity contribution in [3.05, 3.63) is 66.8 Å². The highest BCUT2D eigenvalue weighted by Crippen LogP contribution is 2.39. The van der Waals surface area contributed by atoms with Crippen LogP contribution >= 0.6 is 0 Å². The maximum atomic E-state index is 15.2. The summed E-state index contributed by atoms with van der Waals surface area (Å²) in [6.45, 7) is 9.32. The minimum atomic E-state index is -0.589. The van der Waals surface area contributed by atoms with Gasteiger partial charge in [0.05, 0.1) is 30.4 Å². The Morgan fingerprint density at radius 1 is 1.09 bits per heavy atom. The molecular formula is C33H38FN7O3. The number of anilines is 4. The zero-order valence-corrected chi connectivity index (χ0v) is 25.8. The lowest BCUT2D eigenvalue weighted by atomic mass is 10.1. The van der Waals surface area contributed by atoms with Crippen LogP contribution in [0.4, 0.5) is 27.4 Å². The van der Waals surface area contributed by atoms with Gasteiger partial charge >= 0.3 is 0 Å². The fourth-order valence-electron chi connectivity index (χ4n) is 5.58. The van der Waals surface area contributed by atoms with E-state index in [-0.39, 0.29) is 29.5 Å². The molecule has 11 heteroatoms. The number of nitrogens with one attached hydrogen (secondary N) is 2. The van der Waals surface area contributed by atoms with Gasteiger partial charge in [0, 0.05) is 55.8 Å². The van der Waals surface area contributed by atoms with Crippen LogP contribution in [0.15, 0.2) is 55.3 Å². The Morgan fingerprint density at radius 2 is 1.84 bits per heavy atom. The first-order valence-electron chi connectivity index (χ1n) is 14.7. The van der Waals surface area contributed by atoms with Gasteiger partial charge in [0.2, 0.25) is 11.9 Å². The molecule has 2 N–H and O–H groups in total. The van der Waals surface area contributed by atoms with Gasteiger partial charge in [-0.2, -0.15) is 0 Å². The summed E-state index contributed by atoms with van der Waals surface area (Å²) in [7, 11) is 4.99. The van der Waals surface area contributed by atoms with Gasteiger partial charge in [-0.1, -0.05) is 18.7 Å². The van der Waals surface area contributed by atoms with Crippen LogP contribution in [-0.4, -0.2) is 65.5 Å². The molecule has 2 aromatic carbocycles. The molecule has 4 aromatic rings. The third-order valence-corrected chi connectivity index (χ3v) is 7.71. The molecule has 0 bridgehead atoms. The number of fused-ring (bicyclic) bond motifs is 1. The monoisotopic (exact) mass is 599 g/mol. The van der Waals surface area contributed by atoms with Crippen molar-refractivity contribution in [3.8, 4) is 17.0 Å². The Labute approximate surface area is 256 Å². The third-order valence-electron chi connectivity index (χ3n) is 7.71. The molecule has 0 aliphatic carbocycles. The van der Waals surface area contributed by atoms with E-state index >= 15 is 4.39 Å². The van der Waals surface area contributed by atoms with Crippen LogP contribution in [0.3, 0.4) is 0 Å². The Bertz CT molecular complexity index is 1720. The predicted octanol–water partition coefficient (Wildman–Crippen LogP) is 6.39. The largest absolute Gasteiger partial charge is 0.494 e. The smallest absolute Gasteiger partial charge is 0.270 e. The van der Waals surface area contributed by atoms with Gasteiger partial charge in [-0.15, -0.1) is 0 Å². The van der Waals surface area contributed by atoms with Gasteiger partial charge in [0.1, 0.15) is 17.1 Å². The quantitative estimate of drug-likeness (QED) is 0.215. The van der Waals surface area contributed by atoms with Crippen molar-refractivity contribution in [2.75, 3.05) is 49.8 Å². The second-order valence-corrected chi connectivity index (χ2v) is 11.3. The lowest BCUT2D eigenvalue weighted by Gasteiger charge is -2.31. The van der Waals surface area contributed by atoms with E-state index in [1.165, 1.54) is 11.0 Å². The standard InChI is InChI=1S/C33H38FN7O3/c1-7-30(42)36-24-17-25(29(44-6)18-27(24)40-13-9-8-10-14-40)37-33-35-19-23(34)31(38-33)22-12-11-21-15-28(32(43)39(4)5)41(20(2)3)26(21)16-22/h7,11-12,15-20H,1,8-10,13-14H2,2-6H3,(H,36,42)(H,35,37,38). The second kappa shape index (κ2) is 12.7. The van der Waals surface area contributed by atoms with Crippen molar-refractivity contribution in [1.29, 1.82) is 0 Å². The summed E-state index contributed by atoms with van der Waals surface area (Å²) in [6.07, 6.45) is 5.62. The minimum Gasteiger partial charge on any atom is -0.494 e. The number of hydrogen-bond donors (Lipinski definition) is 2. The normalized spacial score (nSPS) is 13.2. The summed E-state index contributed by atoms with van der Waals surface area (Å²) in [6, 6.07) is 11.0. The number of benzene rings is 2. The predicted molar refractivity (Wildman–Crippen MR) is 172 cm³/mol. The van der Waals surface area contributed by atoms with E-state index in [1.807, 2.05) is 42.7 Å². The van der Waals surface area contributed by atoms with E-state index in [9.17, 15) is 9.59 Å². The molecule has 10 nitrogen and oxygen atoms in total. The molecule has 0 atom stereocenters. The van der Waals surface area contributed by atoms with E-state index < -0.39 is 5.82 Å². The second-order valence-electron chi connectivity index (χ2n) is 11.3. The molecule has 0 saturated carbocycles. The van der Waals surface area contributed by atoms with Gasteiger partial charge in [-0.25, -0.2) is 14.4 Å². The highest BCUT2D eigenvalue weighted by Gasteiger charge is 2.22. The maximum Gasteiger partial charge on any atom is 0.270 e. The molecule has 5 rings (SSSR count). The van der Waals surface area contributed by atoms with Crippen LogP contribution in [0.5, 0.6) is 5.75 Å². The first-order chi connectivity index (χ1) is 21.1. The summed E-state index contributed by atoms with van der Waals surface area (Å²) in [5.74, 6) is -0.370. The van der Waals surface area contributed by atoms with Crippen molar-refractivity contribution in [2.45, 2.75) is 39.2 Å². The van der Waals surface area contributed by atoms with Crippen LogP contribution in [0.1, 0.15) is 49.6 Å². The molecule has 3 heterocycles. The van der Waals surface area contributed by atoms with E-state index in [0.29, 0.717) is 28.4 Å². The molecule has 1 fully saturated rings. The number of carbonyl (C=O) groups is 2. The number of nitrogens with zero attached hydrogens (tertiary/aromatic N) is 5. The lowest BCUT2D eigenvalue weighted by Crippen LogP contribution is -2.30. The van der Waals surface area contributed by atoms with Crippen LogP contribution < -0.4 is 20.3 Å². The summed E-state index contributed by atoms with van der Waals surface area (Å²) < 4.78 is 22.9. The number of methoxy groups -OCH3 is 1. The topological polar surface area (TPSA) is 105 Å². The third kappa shape index (κ3) is 6.08.